The molecule has 0 aliphatic carbocycles. The molecule has 1 rings (SSSR count). The summed E-state index contributed by atoms with van der Waals surface area (Å²) in [6, 6.07) is 0. The first-order valence-electron chi connectivity index (χ1n) is 4.36. The van der Waals surface area contributed by atoms with Gasteiger partial charge in [0.05, 0.1) is 17.8 Å². The Labute approximate surface area is 113 Å². The van der Waals surface area contributed by atoms with E-state index in [4.69, 9.17) is 4.74 Å². The molecule has 1 heterocycles. The van der Waals surface area contributed by atoms with Crippen molar-refractivity contribution in [2.45, 2.75) is 6.36 Å². The molecule has 0 bridgehead atoms. The summed E-state index contributed by atoms with van der Waals surface area (Å²) in [6.45, 7) is 0. The predicted octanol–water partition coefficient (Wildman–Crippen LogP) is 2.38. The van der Waals surface area contributed by atoms with Crippen molar-refractivity contribution in [3.8, 4) is 11.5 Å². The van der Waals surface area contributed by atoms with E-state index in [9.17, 15) is 18.0 Å². The number of alkyl halides is 3. The van der Waals surface area contributed by atoms with Gasteiger partial charge in [-0.25, -0.2) is 9.78 Å². The molecule has 0 atom stereocenters. The Bertz CT molecular complexity index is 464. The zero-order valence-corrected chi connectivity index (χ0v) is 11.3. The molecule has 0 N–H and O–H groups in total. The van der Waals surface area contributed by atoms with E-state index < -0.39 is 23.8 Å². The highest BCUT2D eigenvalue weighted by atomic mass is 127. The van der Waals surface area contributed by atoms with Gasteiger partial charge in [-0.1, -0.05) is 0 Å². The first kappa shape index (κ1) is 14.8. The predicted molar refractivity (Wildman–Crippen MR) is 61.5 cm³/mol. The molecule has 1 aromatic heterocycles. The first-order chi connectivity index (χ1) is 8.30. The van der Waals surface area contributed by atoms with Gasteiger partial charge in [-0.3, -0.25) is 0 Å². The molecule has 0 saturated heterocycles. The Morgan fingerprint density at radius 1 is 1.33 bits per heavy atom. The average molecular weight is 377 g/mol. The first-order valence-corrected chi connectivity index (χ1v) is 5.44. The van der Waals surface area contributed by atoms with Crippen LogP contribution in [0.3, 0.4) is 0 Å². The summed E-state index contributed by atoms with van der Waals surface area (Å²) in [4.78, 5) is 15.0. The molecule has 5 nitrogen and oxygen atoms in total. The monoisotopic (exact) mass is 377 g/mol. The highest BCUT2D eigenvalue weighted by molar-refractivity contribution is 14.1. The molecule has 0 radical (unpaired) electrons. The van der Waals surface area contributed by atoms with Gasteiger partial charge in [0.2, 0.25) is 0 Å². The molecule has 0 spiro atoms. The van der Waals surface area contributed by atoms with Gasteiger partial charge in [0.1, 0.15) is 0 Å². The molecule has 100 valence electrons. The number of hydrogen-bond donors (Lipinski definition) is 0. The fraction of sp³-hybridized carbons (Fsp3) is 0.333. The molecule has 1 aromatic rings. The van der Waals surface area contributed by atoms with E-state index in [2.05, 4.69) is 14.5 Å². The minimum absolute atomic E-state index is 0.0504. The summed E-state index contributed by atoms with van der Waals surface area (Å²) in [7, 11) is 2.18. The number of nitrogens with zero attached hydrogens (tertiary/aromatic N) is 1. The highest BCUT2D eigenvalue weighted by Crippen LogP contribution is 2.38. The molecule has 0 aliphatic heterocycles. The van der Waals surface area contributed by atoms with Gasteiger partial charge in [-0.2, -0.15) is 0 Å². The third kappa shape index (κ3) is 3.37. The topological polar surface area (TPSA) is 57.7 Å². The van der Waals surface area contributed by atoms with Crippen LogP contribution in [-0.4, -0.2) is 31.5 Å². The third-order valence-electron chi connectivity index (χ3n) is 1.75. The number of esters is 1. The van der Waals surface area contributed by atoms with Crippen molar-refractivity contribution in [1.29, 1.82) is 0 Å². The van der Waals surface area contributed by atoms with Crippen LogP contribution in [0.1, 0.15) is 10.5 Å². The van der Waals surface area contributed by atoms with Gasteiger partial charge < -0.3 is 14.2 Å². The summed E-state index contributed by atoms with van der Waals surface area (Å²) in [6.07, 6.45) is -3.85. The molecule has 0 fully saturated rings. The van der Waals surface area contributed by atoms with Gasteiger partial charge in [0.25, 0.3) is 0 Å². The number of hydrogen-bond acceptors (Lipinski definition) is 5. The molecular weight excluding hydrogens is 370 g/mol. The minimum atomic E-state index is -4.90. The zero-order chi connectivity index (χ0) is 13.9. The standard InChI is InChI=1S/C9H7F3INO4/c1-16-7-5(8(15)17-2)14-3-4(13)6(7)18-9(10,11)12/h3H,1-2H3. The lowest BCUT2D eigenvalue weighted by atomic mass is 10.3. The largest absolute Gasteiger partial charge is 0.573 e. The molecule has 9 heteroatoms. The average Bonchev–Trinajstić information content (AvgIpc) is 2.29. The third-order valence-corrected chi connectivity index (χ3v) is 2.51. The van der Waals surface area contributed by atoms with E-state index in [0.717, 1.165) is 20.4 Å². The Morgan fingerprint density at radius 3 is 2.39 bits per heavy atom. The normalized spacial score (nSPS) is 11.0. The van der Waals surface area contributed by atoms with Crippen LogP contribution in [-0.2, 0) is 4.74 Å². The Hall–Kier alpha value is -1.26. The molecular formula is C9H7F3INO4. The summed E-state index contributed by atoms with van der Waals surface area (Å²) in [5, 5.41) is 0. The van der Waals surface area contributed by atoms with Crippen LogP contribution in [0.5, 0.6) is 11.5 Å². The quantitative estimate of drug-likeness (QED) is 0.598. The van der Waals surface area contributed by atoms with Gasteiger partial charge in [0, 0.05) is 6.20 Å². The van der Waals surface area contributed by atoms with E-state index in [1.807, 2.05) is 0 Å². The second-order valence-corrected chi connectivity index (χ2v) is 4.02. The van der Waals surface area contributed by atoms with Gasteiger partial charge >= 0.3 is 12.3 Å². The number of carbonyl (C=O) groups is 1. The van der Waals surface area contributed by atoms with E-state index in [-0.39, 0.29) is 9.26 Å². The van der Waals surface area contributed by atoms with Crippen molar-refractivity contribution in [3.05, 3.63) is 15.5 Å². The highest BCUT2D eigenvalue weighted by Gasteiger charge is 2.35. The summed E-state index contributed by atoms with van der Waals surface area (Å²) < 4.78 is 49.7. The van der Waals surface area contributed by atoms with Crippen LogP contribution in [0.15, 0.2) is 6.20 Å². The number of ether oxygens (including phenoxy) is 3. The van der Waals surface area contributed by atoms with Crippen molar-refractivity contribution in [1.82, 2.24) is 4.98 Å². The molecule has 0 aromatic carbocycles. The molecule has 0 saturated carbocycles. The van der Waals surface area contributed by atoms with Crippen molar-refractivity contribution >= 4 is 28.6 Å². The summed E-state index contributed by atoms with van der Waals surface area (Å²) in [5.74, 6) is -1.97. The van der Waals surface area contributed by atoms with E-state index in [1.54, 1.807) is 22.6 Å². The number of rotatable bonds is 3. The number of pyridine rings is 1. The number of aromatic nitrogens is 1. The number of carbonyl (C=O) groups excluding carboxylic acids is 1. The molecule has 18 heavy (non-hydrogen) atoms. The fourth-order valence-corrected chi connectivity index (χ4v) is 1.59. The van der Waals surface area contributed by atoms with E-state index >= 15 is 0 Å². The van der Waals surface area contributed by atoms with Crippen molar-refractivity contribution in [3.63, 3.8) is 0 Å². The second kappa shape index (κ2) is 5.59. The van der Waals surface area contributed by atoms with E-state index in [0.29, 0.717) is 0 Å². The summed E-state index contributed by atoms with van der Waals surface area (Å²) >= 11 is 1.58. The fourth-order valence-electron chi connectivity index (χ4n) is 1.10. The zero-order valence-electron chi connectivity index (χ0n) is 9.17. The Kier molecular flexibility index (Phi) is 4.59. The summed E-state index contributed by atoms with van der Waals surface area (Å²) in [5.41, 5.74) is -0.389. The van der Waals surface area contributed by atoms with Crippen LogP contribution in [0.2, 0.25) is 0 Å². The van der Waals surface area contributed by atoms with Gasteiger partial charge in [-0.15, -0.1) is 13.2 Å². The van der Waals surface area contributed by atoms with Crippen LogP contribution >= 0.6 is 22.6 Å². The van der Waals surface area contributed by atoms with Crippen LogP contribution in [0.25, 0.3) is 0 Å². The number of methoxy groups -OCH3 is 2. The van der Waals surface area contributed by atoms with Crippen LogP contribution in [0, 0.1) is 3.57 Å². The minimum Gasteiger partial charge on any atom is -0.491 e. The van der Waals surface area contributed by atoms with Crippen molar-refractivity contribution in [2.75, 3.05) is 14.2 Å². The van der Waals surface area contributed by atoms with Gasteiger partial charge in [0.15, 0.2) is 17.2 Å². The number of halogens is 4. The lowest BCUT2D eigenvalue weighted by Crippen LogP contribution is -2.19. The molecule has 0 amide bonds. The lowest BCUT2D eigenvalue weighted by Gasteiger charge is -2.15. The maximum absolute atomic E-state index is 12.2. The Morgan fingerprint density at radius 2 is 1.94 bits per heavy atom. The lowest BCUT2D eigenvalue weighted by molar-refractivity contribution is -0.275. The maximum Gasteiger partial charge on any atom is 0.573 e. The SMILES string of the molecule is COC(=O)c1ncc(I)c(OC(F)(F)F)c1OC. The van der Waals surface area contributed by atoms with Crippen LogP contribution in [0.4, 0.5) is 13.2 Å². The van der Waals surface area contributed by atoms with E-state index in [1.165, 1.54) is 0 Å². The maximum atomic E-state index is 12.2. The molecule has 0 aliphatic rings. The van der Waals surface area contributed by atoms with Gasteiger partial charge in [-0.05, 0) is 22.6 Å². The smallest absolute Gasteiger partial charge is 0.491 e. The molecule has 0 unspecified atom stereocenters. The van der Waals surface area contributed by atoms with Crippen molar-refractivity contribution < 1.29 is 32.2 Å². The second-order valence-electron chi connectivity index (χ2n) is 2.86. The van der Waals surface area contributed by atoms with Crippen LogP contribution < -0.4 is 9.47 Å². The van der Waals surface area contributed by atoms with Crippen molar-refractivity contribution in [2.24, 2.45) is 0 Å². The Balaban J connectivity index is 3.35.